The second kappa shape index (κ2) is 4.09. The van der Waals surface area contributed by atoms with Crippen LogP contribution in [-0.2, 0) is 9.53 Å². The summed E-state index contributed by atoms with van der Waals surface area (Å²) in [6.07, 6.45) is 1.72. The number of carbonyl (C=O) groups excluding carboxylic acids is 1. The maximum atomic E-state index is 11.4. The standard InChI is InChI=1S/C10H19NO2/c1-5-7(2)10-8(13-4)6-9(12)11(10)3/h7-8,10H,5-6H2,1-4H3/t7-,8-,10-/m0/s1. The smallest absolute Gasteiger partial charge is 0.225 e. The molecule has 1 fully saturated rings. The highest BCUT2D eigenvalue weighted by Gasteiger charge is 2.39. The van der Waals surface area contributed by atoms with Crippen LogP contribution in [0.4, 0.5) is 0 Å². The molecule has 1 heterocycles. The minimum absolute atomic E-state index is 0.0902. The molecule has 0 N–H and O–H groups in total. The topological polar surface area (TPSA) is 29.5 Å². The third-order valence-electron chi connectivity index (χ3n) is 3.13. The molecule has 1 aliphatic rings. The molecule has 13 heavy (non-hydrogen) atoms. The van der Waals surface area contributed by atoms with Crippen LogP contribution in [-0.4, -0.2) is 37.1 Å². The van der Waals surface area contributed by atoms with Gasteiger partial charge in [0, 0.05) is 14.2 Å². The van der Waals surface area contributed by atoms with Gasteiger partial charge in [-0.3, -0.25) is 4.79 Å². The summed E-state index contributed by atoms with van der Waals surface area (Å²) in [7, 11) is 3.56. The van der Waals surface area contributed by atoms with E-state index in [1.54, 1.807) is 7.11 Å². The van der Waals surface area contributed by atoms with Gasteiger partial charge in [-0.1, -0.05) is 20.3 Å². The van der Waals surface area contributed by atoms with Gasteiger partial charge in [-0.15, -0.1) is 0 Å². The Morgan fingerprint density at radius 1 is 1.69 bits per heavy atom. The van der Waals surface area contributed by atoms with E-state index in [4.69, 9.17) is 4.74 Å². The lowest BCUT2D eigenvalue weighted by Gasteiger charge is -2.29. The predicted molar refractivity (Wildman–Crippen MR) is 51.4 cm³/mol. The van der Waals surface area contributed by atoms with Crippen molar-refractivity contribution >= 4 is 5.91 Å². The second-order valence-electron chi connectivity index (χ2n) is 3.86. The molecular weight excluding hydrogens is 166 g/mol. The molecule has 0 radical (unpaired) electrons. The summed E-state index contributed by atoms with van der Waals surface area (Å²) in [6.45, 7) is 4.32. The maximum absolute atomic E-state index is 11.4. The first kappa shape index (κ1) is 10.5. The summed E-state index contributed by atoms with van der Waals surface area (Å²) >= 11 is 0. The number of hydrogen-bond donors (Lipinski definition) is 0. The fourth-order valence-electron chi connectivity index (χ4n) is 2.06. The highest BCUT2D eigenvalue weighted by Crippen LogP contribution is 2.27. The van der Waals surface area contributed by atoms with Crippen molar-refractivity contribution in [2.24, 2.45) is 5.92 Å². The van der Waals surface area contributed by atoms with E-state index in [9.17, 15) is 4.79 Å². The van der Waals surface area contributed by atoms with Crippen LogP contribution in [0.25, 0.3) is 0 Å². The molecular formula is C10H19NO2. The lowest BCUT2D eigenvalue weighted by Crippen LogP contribution is -2.39. The number of carbonyl (C=O) groups is 1. The van der Waals surface area contributed by atoms with Crippen LogP contribution in [0.1, 0.15) is 26.7 Å². The molecule has 0 aromatic carbocycles. The molecule has 0 unspecified atom stereocenters. The van der Waals surface area contributed by atoms with Gasteiger partial charge in [-0.2, -0.15) is 0 Å². The first-order valence-electron chi connectivity index (χ1n) is 4.90. The Balaban J connectivity index is 2.73. The molecule has 0 aromatic rings. The molecule has 1 amide bonds. The van der Waals surface area contributed by atoms with Crippen LogP contribution >= 0.6 is 0 Å². The Hall–Kier alpha value is -0.570. The largest absolute Gasteiger partial charge is 0.379 e. The van der Waals surface area contributed by atoms with Gasteiger partial charge < -0.3 is 9.64 Å². The molecule has 3 heteroatoms. The molecule has 0 aromatic heterocycles. The second-order valence-corrected chi connectivity index (χ2v) is 3.86. The van der Waals surface area contributed by atoms with Crippen LogP contribution in [0.3, 0.4) is 0 Å². The summed E-state index contributed by atoms with van der Waals surface area (Å²) < 4.78 is 5.33. The van der Waals surface area contributed by atoms with Gasteiger partial charge in [0.25, 0.3) is 0 Å². The molecule has 3 nitrogen and oxygen atoms in total. The summed E-state index contributed by atoms with van der Waals surface area (Å²) in [5.41, 5.74) is 0. The molecule has 0 bridgehead atoms. The first-order chi connectivity index (χ1) is 6.11. The Morgan fingerprint density at radius 3 is 2.77 bits per heavy atom. The Morgan fingerprint density at radius 2 is 2.31 bits per heavy atom. The Labute approximate surface area is 80.1 Å². The van der Waals surface area contributed by atoms with E-state index in [0.717, 1.165) is 6.42 Å². The maximum Gasteiger partial charge on any atom is 0.225 e. The average Bonchev–Trinajstić information content (AvgIpc) is 2.42. The quantitative estimate of drug-likeness (QED) is 0.663. The van der Waals surface area contributed by atoms with Crippen molar-refractivity contribution < 1.29 is 9.53 Å². The molecule has 1 saturated heterocycles. The van der Waals surface area contributed by atoms with Crippen LogP contribution in [0.2, 0.25) is 0 Å². The van der Waals surface area contributed by atoms with Crippen LogP contribution in [0, 0.1) is 5.92 Å². The molecule has 1 aliphatic heterocycles. The molecule has 76 valence electrons. The van der Waals surface area contributed by atoms with Crippen LogP contribution in [0.15, 0.2) is 0 Å². The molecule has 0 spiro atoms. The highest BCUT2D eigenvalue weighted by atomic mass is 16.5. The molecule has 3 atom stereocenters. The van der Waals surface area contributed by atoms with E-state index in [1.165, 1.54) is 0 Å². The van der Waals surface area contributed by atoms with Crippen molar-refractivity contribution in [3.05, 3.63) is 0 Å². The van der Waals surface area contributed by atoms with Crippen LogP contribution in [0.5, 0.6) is 0 Å². The van der Waals surface area contributed by atoms with E-state index in [-0.39, 0.29) is 18.1 Å². The lowest BCUT2D eigenvalue weighted by molar-refractivity contribution is -0.128. The number of amides is 1. The zero-order chi connectivity index (χ0) is 10.0. The summed E-state index contributed by atoms with van der Waals surface area (Å²) in [4.78, 5) is 13.3. The third-order valence-corrected chi connectivity index (χ3v) is 3.13. The van der Waals surface area contributed by atoms with E-state index < -0.39 is 0 Å². The van der Waals surface area contributed by atoms with Gasteiger partial charge in [0.2, 0.25) is 5.91 Å². The van der Waals surface area contributed by atoms with Crippen molar-refractivity contribution in [2.45, 2.75) is 38.8 Å². The Kier molecular flexibility index (Phi) is 3.31. The van der Waals surface area contributed by atoms with Crippen molar-refractivity contribution in [2.75, 3.05) is 14.2 Å². The third kappa shape index (κ3) is 1.85. The minimum Gasteiger partial charge on any atom is -0.379 e. The summed E-state index contributed by atoms with van der Waals surface area (Å²) in [5, 5.41) is 0. The summed E-state index contributed by atoms with van der Waals surface area (Å²) in [6, 6.07) is 0.266. The normalized spacial score (nSPS) is 31.1. The highest BCUT2D eigenvalue weighted by molar-refractivity contribution is 5.79. The van der Waals surface area contributed by atoms with Gasteiger partial charge in [0.15, 0.2) is 0 Å². The number of likely N-dealkylation sites (N-methyl/N-ethyl adjacent to an activating group) is 1. The number of methoxy groups -OCH3 is 1. The SMILES string of the molecule is CC[C@H](C)[C@H]1[C@@H](OC)CC(=O)N1C. The van der Waals surface area contributed by atoms with Crippen molar-refractivity contribution in [1.29, 1.82) is 0 Å². The zero-order valence-electron chi connectivity index (χ0n) is 8.91. The van der Waals surface area contributed by atoms with Gasteiger partial charge in [-0.25, -0.2) is 0 Å². The Bertz CT molecular complexity index is 193. The average molecular weight is 185 g/mol. The molecule has 0 aliphatic carbocycles. The van der Waals surface area contributed by atoms with E-state index in [2.05, 4.69) is 13.8 Å². The fraction of sp³-hybridized carbons (Fsp3) is 0.900. The number of hydrogen-bond acceptors (Lipinski definition) is 2. The van der Waals surface area contributed by atoms with Gasteiger partial charge in [-0.05, 0) is 5.92 Å². The predicted octanol–water partition coefficient (Wildman–Crippen LogP) is 1.28. The van der Waals surface area contributed by atoms with Crippen LogP contribution < -0.4 is 0 Å². The molecule has 1 rings (SSSR count). The fourth-order valence-corrected chi connectivity index (χ4v) is 2.06. The number of rotatable bonds is 3. The summed E-state index contributed by atoms with van der Waals surface area (Å²) in [5.74, 6) is 0.721. The van der Waals surface area contributed by atoms with Crippen molar-refractivity contribution in [1.82, 2.24) is 4.90 Å². The van der Waals surface area contributed by atoms with Gasteiger partial charge in [0.05, 0.1) is 18.6 Å². The number of ether oxygens (including phenoxy) is 1. The van der Waals surface area contributed by atoms with E-state index >= 15 is 0 Å². The van der Waals surface area contributed by atoms with Gasteiger partial charge >= 0.3 is 0 Å². The van der Waals surface area contributed by atoms with Gasteiger partial charge in [0.1, 0.15) is 0 Å². The van der Waals surface area contributed by atoms with E-state index in [1.807, 2.05) is 11.9 Å². The molecule has 0 saturated carbocycles. The van der Waals surface area contributed by atoms with E-state index in [0.29, 0.717) is 12.3 Å². The first-order valence-corrected chi connectivity index (χ1v) is 4.90. The van der Waals surface area contributed by atoms with Crippen molar-refractivity contribution in [3.8, 4) is 0 Å². The number of likely N-dealkylation sites (tertiary alicyclic amines) is 1. The van der Waals surface area contributed by atoms with Crippen molar-refractivity contribution in [3.63, 3.8) is 0 Å². The lowest BCUT2D eigenvalue weighted by atomic mass is 9.95. The number of nitrogens with zero attached hydrogens (tertiary/aromatic N) is 1. The minimum atomic E-state index is 0.0902. The monoisotopic (exact) mass is 185 g/mol. The zero-order valence-corrected chi connectivity index (χ0v) is 8.91.